The Bertz CT molecular complexity index is 1330. The number of hydrogen-bond donors (Lipinski definition) is 4. The van der Waals surface area contributed by atoms with E-state index in [0.717, 1.165) is 36.1 Å². The van der Waals surface area contributed by atoms with E-state index < -0.39 is 0 Å². The largest absolute Gasteiger partial charge is 0.384 e. The van der Waals surface area contributed by atoms with Crippen molar-refractivity contribution in [1.82, 2.24) is 25.5 Å². The topological polar surface area (TPSA) is 83.0 Å². The average molecular weight is 511 g/mol. The van der Waals surface area contributed by atoms with Gasteiger partial charge in [-0.05, 0) is 55.6 Å². The van der Waals surface area contributed by atoms with Gasteiger partial charge in [0.25, 0.3) is 0 Å². The lowest BCUT2D eigenvalue weighted by Crippen LogP contribution is -2.38. The van der Waals surface area contributed by atoms with Crippen molar-refractivity contribution in [3.05, 3.63) is 69.5 Å². The molecule has 9 heteroatoms. The lowest BCUT2D eigenvalue weighted by atomic mass is 9.93. The summed E-state index contributed by atoms with van der Waals surface area (Å²) in [4.78, 5) is 16.9. The van der Waals surface area contributed by atoms with E-state index in [4.69, 9.17) is 28.2 Å². The highest BCUT2D eigenvalue weighted by atomic mass is 35.5. The zero-order chi connectivity index (χ0) is 24.5. The molecule has 0 spiro atoms. The van der Waals surface area contributed by atoms with Gasteiger partial charge in [0, 0.05) is 37.5 Å². The second-order valence-electron chi connectivity index (χ2n) is 8.90. The average Bonchev–Trinajstić information content (AvgIpc) is 3.49. The Morgan fingerprint density at radius 1 is 1.26 bits per heavy atom. The number of nitrogens with one attached hydrogen (secondary N) is 4. The predicted octanol–water partition coefficient (Wildman–Crippen LogP) is 5.23. The van der Waals surface area contributed by atoms with Crippen molar-refractivity contribution in [2.24, 2.45) is 7.05 Å². The van der Waals surface area contributed by atoms with Gasteiger partial charge in [-0.15, -0.1) is 0 Å². The van der Waals surface area contributed by atoms with Crippen molar-refractivity contribution in [3.8, 4) is 0 Å². The van der Waals surface area contributed by atoms with Crippen LogP contribution in [0.4, 0.5) is 11.6 Å². The summed E-state index contributed by atoms with van der Waals surface area (Å²) in [5.74, 6) is 0.707. The molecule has 5 rings (SSSR count). The third-order valence-corrected chi connectivity index (χ3v) is 7.35. The Morgan fingerprint density at radius 2 is 2.06 bits per heavy atom. The first-order valence-corrected chi connectivity index (χ1v) is 12.5. The monoisotopic (exact) mass is 510 g/mol. The zero-order valence-corrected chi connectivity index (χ0v) is 21.2. The number of aryl methyl sites for hydroxylation is 1. The van der Waals surface area contributed by atoms with Gasteiger partial charge < -0.3 is 25.8 Å². The normalized spacial score (nSPS) is 17.7. The van der Waals surface area contributed by atoms with Gasteiger partial charge in [0.05, 0.1) is 32.8 Å². The summed E-state index contributed by atoms with van der Waals surface area (Å²) < 4.78 is 2.04. The van der Waals surface area contributed by atoms with Gasteiger partial charge in [0.2, 0.25) is 11.9 Å². The highest BCUT2D eigenvalue weighted by Gasteiger charge is 2.22. The molecule has 3 aromatic rings. The third kappa shape index (κ3) is 4.63. The Morgan fingerprint density at radius 3 is 2.80 bits per heavy atom. The first-order valence-electron chi connectivity index (χ1n) is 11.8. The molecule has 2 aromatic carbocycles. The molecule has 0 saturated carbocycles. The van der Waals surface area contributed by atoms with Crippen LogP contribution in [-0.4, -0.2) is 28.0 Å². The molecule has 0 bridgehead atoms. The van der Waals surface area contributed by atoms with E-state index in [2.05, 4.69) is 34.3 Å². The number of allylic oxidation sites excluding steroid dienone is 2. The number of imidazole rings is 1. The molecular formula is C26H28Cl2N6O. The molecule has 2 aliphatic rings. The highest BCUT2D eigenvalue weighted by Crippen LogP contribution is 2.36. The number of fused-ring (bicyclic) bond motifs is 3. The van der Waals surface area contributed by atoms with Crippen LogP contribution in [-0.2, 0) is 18.4 Å². The minimum absolute atomic E-state index is 0.0347. The first-order chi connectivity index (χ1) is 16.9. The van der Waals surface area contributed by atoms with Crippen LogP contribution in [0.1, 0.15) is 37.3 Å². The number of carbonyl (C=O) groups is 1. The van der Waals surface area contributed by atoms with E-state index in [1.807, 2.05) is 29.8 Å². The van der Waals surface area contributed by atoms with Crippen molar-refractivity contribution in [3.63, 3.8) is 0 Å². The number of aromatic nitrogens is 2. The number of hydrogen-bond acceptors (Lipinski definition) is 5. The molecule has 7 nitrogen and oxygen atoms in total. The summed E-state index contributed by atoms with van der Waals surface area (Å²) in [6.45, 7) is 3.73. The molecule has 0 aliphatic carbocycles. The maximum absolute atomic E-state index is 12.2. The molecule has 1 aromatic heterocycles. The van der Waals surface area contributed by atoms with Gasteiger partial charge in [0.1, 0.15) is 0 Å². The number of benzene rings is 2. The van der Waals surface area contributed by atoms with E-state index in [9.17, 15) is 4.79 Å². The Kier molecular flexibility index (Phi) is 6.73. The standard InChI is InChI=1S/C26H28Cl2N6O/c1-15-16-10-11-21-24(34(2)26(32-21)33-23-18(27)6-3-7-19(23)28)17(16)14-31-20(15)8-4-13-30-25(35)22-9-5-12-29-22/h3-4,6-7,10-11,13,22,29,31H,5,8-9,12,14H2,1-2H3,(H,30,35)(H,32,33)/b13-4-/t22-/m0/s1. The quantitative estimate of drug-likeness (QED) is 0.365. The number of rotatable bonds is 6. The molecule has 3 heterocycles. The van der Waals surface area contributed by atoms with Gasteiger partial charge in [-0.3, -0.25) is 4.79 Å². The number of anilines is 2. The molecular weight excluding hydrogens is 483 g/mol. The van der Waals surface area contributed by atoms with E-state index >= 15 is 0 Å². The summed E-state index contributed by atoms with van der Waals surface area (Å²) in [5.41, 5.74) is 7.33. The molecule has 0 unspecified atom stereocenters. The fourth-order valence-corrected chi connectivity index (χ4v) is 5.29. The summed E-state index contributed by atoms with van der Waals surface area (Å²) in [6, 6.07) is 9.51. The van der Waals surface area contributed by atoms with Crippen LogP contribution in [0.2, 0.25) is 10.0 Å². The van der Waals surface area contributed by atoms with Crippen LogP contribution in [0.5, 0.6) is 0 Å². The van der Waals surface area contributed by atoms with Crippen molar-refractivity contribution in [2.45, 2.75) is 38.8 Å². The van der Waals surface area contributed by atoms with E-state index in [1.54, 1.807) is 18.3 Å². The summed E-state index contributed by atoms with van der Waals surface area (Å²) >= 11 is 12.7. The van der Waals surface area contributed by atoms with Crippen LogP contribution >= 0.6 is 23.2 Å². The third-order valence-electron chi connectivity index (χ3n) is 6.72. The lowest BCUT2D eigenvalue weighted by Gasteiger charge is -2.23. The fraction of sp³-hybridized carbons (Fsp3) is 0.308. The molecule has 182 valence electrons. The zero-order valence-electron chi connectivity index (χ0n) is 19.7. The van der Waals surface area contributed by atoms with Crippen LogP contribution < -0.4 is 21.3 Å². The van der Waals surface area contributed by atoms with Gasteiger partial charge in [-0.2, -0.15) is 0 Å². The first kappa shape index (κ1) is 23.7. The number of para-hydroxylation sites is 1. The second-order valence-corrected chi connectivity index (χ2v) is 9.71. The van der Waals surface area contributed by atoms with E-state index in [0.29, 0.717) is 34.6 Å². The molecule has 1 amide bonds. The number of carbonyl (C=O) groups excluding carboxylic acids is 1. The minimum Gasteiger partial charge on any atom is -0.384 e. The van der Waals surface area contributed by atoms with Crippen molar-refractivity contribution in [2.75, 3.05) is 11.9 Å². The Balaban J connectivity index is 1.37. The molecule has 1 fully saturated rings. The molecule has 35 heavy (non-hydrogen) atoms. The van der Waals surface area contributed by atoms with Crippen molar-refractivity contribution < 1.29 is 4.79 Å². The molecule has 4 N–H and O–H groups in total. The minimum atomic E-state index is -0.0742. The predicted molar refractivity (Wildman–Crippen MR) is 143 cm³/mol. The van der Waals surface area contributed by atoms with Gasteiger partial charge in [-0.25, -0.2) is 4.98 Å². The number of amides is 1. The maximum Gasteiger partial charge on any atom is 0.241 e. The Hall–Kier alpha value is -3.00. The fourth-order valence-electron chi connectivity index (χ4n) is 4.80. The highest BCUT2D eigenvalue weighted by molar-refractivity contribution is 6.39. The summed E-state index contributed by atoms with van der Waals surface area (Å²) in [5, 5.41) is 14.0. The number of nitrogens with zero attached hydrogens (tertiary/aromatic N) is 2. The SMILES string of the molecule is CC1=C(C/C=C\NC(=O)[C@@H]2CCCN2)NCc2c1ccc1nc(Nc3c(Cl)cccc3Cl)n(C)c21. The number of halogens is 2. The van der Waals surface area contributed by atoms with Gasteiger partial charge in [0.15, 0.2) is 0 Å². The van der Waals surface area contributed by atoms with E-state index in [-0.39, 0.29) is 11.9 Å². The summed E-state index contributed by atoms with van der Waals surface area (Å²) in [7, 11) is 1.99. The van der Waals surface area contributed by atoms with Crippen molar-refractivity contribution in [1.29, 1.82) is 0 Å². The smallest absolute Gasteiger partial charge is 0.241 e. The molecule has 1 saturated heterocycles. The van der Waals surface area contributed by atoms with Crippen LogP contribution in [0.25, 0.3) is 16.6 Å². The van der Waals surface area contributed by atoms with Gasteiger partial charge in [-0.1, -0.05) is 41.4 Å². The molecule has 0 radical (unpaired) electrons. The molecule has 2 aliphatic heterocycles. The second kappa shape index (κ2) is 9.93. The summed E-state index contributed by atoms with van der Waals surface area (Å²) in [6.07, 6.45) is 6.40. The van der Waals surface area contributed by atoms with Gasteiger partial charge >= 0.3 is 0 Å². The Labute approximate surface area is 214 Å². The van der Waals surface area contributed by atoms with Crippen LogP contribution in [0.15, 0.2) is 48.3 Å². The van der Waals surface area contributed by atoms with Crippen molar-refractivity contribution >= 4 is 57.4 Å². The maximum atomic E-state index is 12.2. The lowest BCUT2D eigenvalue weighted by molar-refractivity contribution is -0.121. The van der Waals surface area contributed by atoms with E-state index in [1.165, 1.54) is 16.7 Å². The van der Waals surface area contributed by atoms with Crippen LogP contribution in [0.3, 0.4) is 0 Å². The molecule has 1 atom stereocenters. The van der Waals surface area contributed by atoms with Crippen LogP contribution in [0, 0.1) is 0 Å².